The van der Waals surface area contributed by atoms with Crippen molar-refractivity contribution in [2.24, 2.45) is 0 Å². The third-order valence-electron chi connectivity index (χ3n) is 4.71. The van der Waals surface area contributed by atoms with Crippen LogP contribution in [0.2, 0.25) is 0 Å². The number of carbonyl (C=O) groups excluding carboxylic acids is 1. The Bertz CT molecular complexity index is 584. The fourth-order valence-corrected chi connectivity index (χ4v) is 3.17. The van der Waals surface area contributed by atoms with E-state index in [4.69, 9.17) is 4.74 Å². The van der Waals surface area contributed by atoms with Crippen LogP contribution in [0.5, 0.6) is 0 Å². The first kappa shape index (κ1) is 27.4. The third kappa shape index (κ3) is 14.9. The van der Waals surface area contributed by atoms with E-state index in [0.29, 0.717) is 6.54 Å². The van der Waals surface area contributed by atoms with Gasteiger partial charge in [-0.2, -0.15) is 0 Å². The number of nitrogens with one attached hydrogen (secondary N) is 4. The van der Waals surface area contributed by atoms with Crippen molar-refractivity contribution in [3.8, 4) is 0 Å². The van der Waals surface area contributed by atoms with Gasteiger partial charge in [0.15, 0.2) is 0 Å². The molecule has 0 aliphatic rings. The standard InChI is InChI=1S/C25H46N4O2/c1-6-8-11-26-18-21-15-22(19-27-12-9-7-2)17-23(16-21)20-28-13-10-14-29-24(30)31-25(3,4)5/h15-17,26-28H,6-14,18-20H2,1-5H3,(H,29,30). The van der Waals surface area contributed by atoms with Crippen LogP contribution < -0.4 is 21.3 Å². The van der Waals surface area contributed by atoms with Crippen molar-refractivity contribution in [3.05, 3.63) is 34.9 Å². The predicted octanol–water partition coefficient (Wildman–Crippen LogP) is 4.47. The van der Waals surface area contributed by atoms with Crippen molar-refractivity contribution in [2.75, 3.05) is 26.2 Å². The Morgan fingerprint density at radius 1 is 0.742 bits per heavy atom. The summed E-state index contributed by atoms with van der Waals surface area (Å²) < 4.78 is 5.25. The minimum absolute atomic E-state index is 0.351. The van der Waals surface area contributed by atoms with Crippen molar-refractivity contribution in [3.63, 3.8) is 0 Å². The van der Waals surface area contributed by atoms with Crippen molar-refractivity contribution < 1.29 is 9.53 Å². The van der Waals surface area contributed by atoms with Crippen LogP contribution in [-0.2, 0) is 24.4 Å². The van der Waals surface area contributed by atoms with Gasteiger partial charge in [0, 0.05) is 26.2 Å². The quantitative estimate of drug-likeness (QED) is 0.289. The third-order valence-corrected chi connectivity index (χ3v) is 4.71. The maximum atomic E-state index is 11.7. The van der Waals surface area contributed by atoms with Crippen molar-refractivity contribution in [2.45, 2.75) is 92.0 Å². The van der Waals surface area contributed by atoms with E-state index in [2.05, 4.69) is 53.3 Å². The van der Waals surface area contributed by atoms with Gasteiger partial charge in [0.1, 0.15) is 5.60 Å². The highest BCUT2D eigenvalue weighted by atomic mass is 16.6. The van der Waals surface area contributed by atoms with Gasteiger partial charge in [-0.05, 0) is 76.4 Å². The largest absolute Gasteiger partial charge is 0.444 e. The second kappa shape index (κ2) is 16.1. The van der Waals surface area contributed by atoms with Crippen LogP contribution in [0.4, 0.5) is 4.79 Å². The van der Waals surface area contributed by atoms with Gasteiger partial charge < -0.3 is 26.0 Å². The number of carbonyl (C=O) groups is 1. The summed E-state index contributed by atoms with van der Waals surface area (Å²) in [5.41, 5.74) is 3.53. The van der Waals surface area contributed by atoms with Crippen LogP contribution in [0.1, 0.15) is 83.4 Å². The smallest absolute Gasteiger partial charge is 0.407 e. The van der Waals surface area contributed by atoms with Gasteiger partial charge in [-0.25, -0.2) is 4.79 Å². The number of rotatable bonds is 16. The maximum absolute atomic E-state index is 11.7. The van der Waals surface area contributed by atoms with Crippen molar-refractivity contribution >= 4 is 6.09 Å². The molecule has 0 saturated carbocycles. The average molecular weight is 435 g/mol. The van der Waals surface area contributed by atoms with Gasteiger partial charge in [0.25, 0.3) is 0 Å². The summed E-state index contributed by atoms with van der Waals surface area (Å²) in [6.07, 6.45) is 5.37. The van der Waals surface area contributed by atoms with E-state index < -0.39 is 5.60 Å². The zero-order valence-electron chi connectivity index (χ0n) is 20.5. The van der Waals surface area contributed by atoms with Gasteiger partial charge in [0.2, 0.25) is 0 Å². The number of amides is 1. The summed E-state index contributed by atoms with van der Waals surface area (Å²) >= 11 is 0. The molecule has 0 heterocycles. The molecule has 178 valence electrons. The lowest BCUT2D eigenvalue weighted by Crippen LogP contribution is -2.33. The average Bonchev–Trinajstić information content (AvgIpc) is 2.70. The molecule has 0 aliphatic heterocycles. The first-order chi connectivity index (χ1) is 14.8. The maximum Gasteiger partial charge on any atom is 0.407 e. The van der Waals surface area contributed by atoms with Crippen LogP contribution in [-0.4, -0.2) is 37.9 Å². The molecule has 0 atom stereocenters. The molecule has 0 radical (unpaired) electrons. The molecule has 1 aromatic carbocycles. The van der Waals surface area contributed by atoms with Gasteiger partial charge in [-0.15, -0.1) is 0 Å². The summed E-state index contributed by atoms with van der Waals surface area (Å²) in [7, 11) is 0. The lowest BCUT2D eigenvalue weighted by atomic mass is 10.0. The minimum Gasteiger partial charge on any atom is -0.444 e. The summed E-state index contributed by atoms with van der Waals surface area (Å²) in [4.78, 5) is 11.7. The Hall–Kier alpha value is -1.63. The molecule has 0 saturated heterocycles. The molecule has 0 aromatic heterocycles. The topological polar surface area (TPSA) is 74.4 Å². The van der Waals surface area contributed by atoms with Crippen LogP contribution in [0.15, 0.2) is 18.2 Å². The Kier molecular flexibility index (Phi) is 14.2. The molecule has 31 heavy (non-hydrogen) atoms. The van der Waals surface area contributed by atoms with Crippen LogP contribution in [0, 0.1) is 0 Å². The molecule has 6 nitrogen and oxygen atoms in total. The first-order valence-electron chi connectivity index (χ1n) is 12.0. The molecule has 0 fully saturated rings. The summed E-state index contributed by atoms with van der Waals surface area (Å²) in [5.74, 6) is 0. The summed E-state index contributed by atoms with van der Waals surface area (Å²) in [5, 5.41) is 13.4. The highest BCUT2D eigenvalue weighted by Crippen LogP contribution is 2.11. The number of benzene rings is 1. The molecule has 0 aliphatic carbocycles. The minimum atomic E-state index is -0.456. The van der Waals surface area contributed by atoms with E-state index in [0.717, 1.165) is 45.7 Å². The lowest BCUT2D eigenvalue weighted by molar-refractivity contribution is 0.0527. The highest BCUT2D eigenvalue weighted by Gasteiger charge is 2.15. The second-order valence-electron chi connectivity index (χ2n) is 9.18. The fraction of sp³-hybridized carbons (Fsp3) is 0.720. The van der Waals surface area contributed by atoms with E-state index in [1.165, 1.54) is 42.4 Å². The molecule has 1 aromatic rings. The number of hydrogen-bond acceptors (Lipinski definition) is 5. The monoisotopic (exact) mass is 434 g/mol. The number of unbranched alkanes of at least 4 members (excludes halogenated alkanes) is 2. The van der Waals surface area contributed by atoms with Crippen LogP contribution in [0.3, 0.4) is 0 Å². The molecule has 1 amide bonds. The van der Waals surface area contributed by atoms with Gasteiger partial charge in [0.05, 0.1) is 0 Å². The van der Waals surface area contributed by atoms with E-state index in [-0.39, 0.29) is 6.09 Å². The second-order valence-corrected chi connectivity index (χ2v) is 9.18. The molecule has 4 N–H and O–H groups in total. The van der Waals surface area contributed by atoms with Gasteiger partial charge in [-0.3, -0.25) is 0 Å². The van der Waals surface area contributed by atoms with Gasteiger partial charge in [-0.1, -0.05) is 44.9 Å². The van der Waals surface area contributed by atoms with E-state index in [1.807, 2.05) is 20.8 Å². The summed E-state index contributed by atoms with van der Waals surface area (Å²) in [6, 6.07) is 6.90. The first-order valence-corrected chi connectivity index (χ1v) is 12.0. The SMILES string of the molecule is CCCCNCc1cc(CNCCCC)cc(CNCCCNC(=O)OC(C)(C)C)c1. The molecule has 0 bridgehead atoms. The Balaban J connectivity index is 2.45. The molecular weight excluding hydrogens is 388 g/mol. The Morgan fingerprint density at radius 2 is 1.16 bits per heavy atom. The lowest BCUT2D eigenvalue weighted by Gasteiger charge is -2.19. The molecular formula is C25H46N4O2. The zero-order chi connectivity index (χ0) is 23.0. The normalized spacial score (nSPS) is 11.5. The highest BCUT2D eigenvalue weighted by molar-refractivity contribution is 5.67. The van der Waals surface area contributed by atoms with Crippen LogP contribution in [0.25, 0.3) is 0 Å². The van der Waals surface area contributed by atoms with E-state index in [9.17, 15) is 4.79 Å². The Morgan fingerprint density at radius 3 is 1.55 bits per heavy atom. The van der Waals surface area contributed by atoms with Crippen molar-refractivity contribution in [1.82, 2.24) is 21.3 Å². The number of hydrogen-bond donors (Lipinski definition) is 4. The fourth-order valence-electron chi connectivity index (χ4n) is 3.17. The molecule has 6 heteroatoms. The van der Waals surface area contributed by atoms with Crippen LogP contribution >= 0.6 is 0 Å². The number of ether oxygens (including phenoxy) is 1. The molecule has 0 spiro atoms. The summed E-state index contributed by atoms with van der Waals surface area (Å²) in [6.45, 7) is 16.3. The zero-order valence-corrected chi connectivity index (χ0v) is 20.5. The number of alkyl carbamates (subject to hydrolysis) is 1. The van der Waals surface area contributed by atoms with E-state index in [1.54, 1.807) is 0 Å². The molecule has 0 unspecified atom stereocenters. The predicted molar refractivity (Wildman–Crippen MR) is 130 cm³/mol. The van der Waals surface area contributed by atoms with E-state index >= 15 is 0 Å². The Labute approximate surface area is 190 Å². The van der Waals surface area contributed by atoms with Crippen molar-refractivity contribution in [1.29, 1.82) is 0 Å². The molecule has 1 rings (SSSR count). The van der Waals surface area contributed by atoms with Gasteiger partial charge >= 0.3 is 6.09 Å².